The topological polar surface area (TPSA) is 35.6 Å². The summed E-state index contributed by atoms with van der Waals surface area (Å²) < 4.78 is 27.5. The van der Waals surface area contributed by atoms with Gasteiger partial charge >= 0.3 is 0 Å². The van der Waals surface area contributed by atoms with Gasteiger partial charge in [-0.15, -0.1) is 0 Å². The zero-order valence-electron chi connectivity index (χ0n) is 13.2. The van der Waals surface area contributed by atoms with Crippen molar-refractivity contribution < 1.29 is 13.6 Å². The van der Waals surface area contributed by atoms with Crippen molar-refractivity contribution in [3.8, 4) is 0 Å². The van der Waals surface area contributed by atoms with Crippen LogP contribution in [0.15, 0.2) is 12.1 Å². The highest BCUT2D eigenvalue weighted by atomic mass is 19.1. The molecule has 1 aromatic carbocycles. The van der Waals surface area contributed by atoms with Crippen LogP contribution in [0.5, 0.6) is 0 Å². The summed E-state index contributed by atoms with van der Waals surface area (Å²) in [6, 6.07) is 2.09. The van der Waals surface area contributed by atoms with Crippen LogP contribution >= 0.6 is 0 Å². The van der Waals surface area contributed by atoms with Gasteiger partial charge in [0.15, 0.2) is 0 Å². The lowest BCUT2D eigenvalue weighted by Crippen LogP contribution is -2.43. The van der Waals surface area contributed by atoms with E-state index in [4.69, 9.17) is 0 Å². The summed E-state index contributed by atoms with van der Waals surface area (Å²) in [5.74, 6) is -1.90. The predicted molar refractivity (Wildman–Crippen MR) is 80.6 cm³/mol. The number of carbonyl (C=O) groups is 1. The molecule has 0 aliphatic carbocycles. The molecule has 1 aromatic rings. The Labute approximate surface area is 124 Å². The molecule has 0 radical (unpaired) electrons. The zero-order chi connectivity index (χ0) is 16.2. The van der Waals surface area contributed by atoms with E-state index in [0.29, 0.717) is 13.1 Å². The Morgan fingerprint density at radius 3 is 2.19 bits per heavy atom. The average molecular weight is 299 g/mol. The van der Waals surface area contributed by atoms with Crippen LogP contribution in [0.3, 0.4) is 0 Å². The second kappa shape index (κ2) is 7.36. The average Bonchev–Trinajstić information content (AvgIpc) is 2.38. The second-order valence-electron chi connectivity index (χ2n) is 5.27. The van der Waals surface area contributed by atoms with Crippen molar-refractivity contribution >= 4 is 11.6 Å². The molecule has 6 heteroatoms. The monoisotopic (exact) mass is 299 g/mol. The van der Waals surface area contributed by atoms with E-state index in [1.165, 1.54) is 7.05 Å². The maximum absolute atomic E-state index is 13.8. The zero-order valence-corrected chi connectivity index (χ0v) is 13.2. The standard InChI is InChI=1S/C15H23F2N3O/c1-6-20(10(2)9-19(4)5)15(21)11-7-12(16)14(18-3)13(17)8-11/h7-8,10,18H,6,9H2,1-5H3. The van der Waals surface area contributed by atoms with Crippen molar-refractivity contribution in [1.29, 1.82) is 0 Å². The van der Waals surface area contributed by atoms with Gasteiger partial charge in [0.25, 0.3) is 5.91 Å². The van der Waals surface area contributed by atoms with Crippen molar-refractivity contribution in [3.63, 3.8) is 0 Å². The molecule has 1 N–H and O–H groups in total. The summed E-state index contributed by atoms with van der Waals surface area (Å²) in [5, 5.41) is 2.44. The quantitative estimate of drug-likeness (QED) is 0.876. The maximum atomic E-state index is 13.8. The first-order valence-corrected chi connectivity index (χ1v) is 6.94. The molecule has 1 atom stereocenters. The van der Waals surface area contributed by atoms with Crippen LogP contribution in [0.25, 0.3) is 0 Å². The molecule has 0 bridgehead atoms. The summed E-state index contributed by atoms with van der Waals surface area (Å²) in [5.41, 5.74) is -0.201. The van der Waals surface area contributed by atoms with E-state index in [1.54, 1.807) is 4.90 Å². The van der Waals surface area contributed by atoms with E-state index in [9.17, 15) is 13.6 Å². The van der Waals surface area contributed by atoms with Crippen LogP contribution < -0.4 is 5.32 Å². The highest BCUT2D eigenvalue weighted by Crippen LogP contribution is 2.21. The molecule has 21 heavy (non-hydrogen) atoms. The minimum atomic E-state index is -0.767. The Kier molecular flexibility index (Phi) is 6.08. The summed E-state index contributed by atoms with van der Waals surface area (Å²) in [4.78, 5) is 16.0. The van der Waals surface area contributed by atoms with E-state index >= 15 is 0 Å². The van der Waals surface area contributed by atoms with Crippen molar-refractivity contribution in [2.24, 2.45) is 0 Å². The number of amides is 1. The largest absolute Gasteiger partial charge is 0.383 e. The summed E-state index contributed by atoms with van der Waals surface area (Å²) in [7, 11) is 5.26. The Morgan fingerprint density at radius 2 is 1.81 bits per heavy atom. The molecule has 0 aliphatic heterocycles. The van der Waals surface area contributed by atoms with Gasteiger partial charge in [-0.05, 0) is 40.1 Å². The molecule has 0 saturated heterocycles. The third kappa shape index (κ3) is 4.14. The highest BCUT2D eigenvalue weighted by Gasteiger charge is 2.22. The number of likely N-dealkylation sites (N-methyl/N-ethyl adjacent to an activating group) is 2. The molecule has 0 heterocycles. The highest BCUT2D eigenvalue weighted by molar-refractivity contribution is 5.95. The van der Waals surface area contributed by atoms with Crippen LogP contribution in [0.2, 0.25) is 0 Å². The van der Waals surface area contributed by atoms with Crippen LogP contribution in [0, 0.1) is 11.6 Å². The maximum Gasteiger partial charge on any atom is 0.254 e. The van der Waals surface area contributed by atoms with E-state index in [2.05, 4.69) is 5.32 Å². The van der Waals surface area contributed by atoms with Crippen molar-refractivity contribution in [1.82, 2.24) is 9.80 Å². The summed E-state index contributed by atoms with van der Waals surface area (Å²) in [6.07, 6.45) is 0. The first-order chi connectivity index (χ1) is 9.81. The van der Waals surface area contributed by atoms with Crippen molar-refractivity contribution in [2.45, 2.75) is 19.9 Å². The first-order valence-electron chi connectivity index (χ1n) is 6.94. The van der Waals surface area contributed by atoms with Gasteiger partial charge in [-0.2, -0.15) is 0 Å². The number of benzene rings is 1. The Hall–Kier alpha value is -1.69. The van der Waals surface area contributed by atoms with Gasteiger partial charge < -0.3 is 15.1 Å². The van der Waals surface area contributed by atoms with Gasteiger partial charge in [0.2, 0.25) is 0 Å². The number of rotatable bonds is 6. The number of nitrogens with one attached hydrogen (secondary N) is 1. The molecule has 1 amide bonds. The van der Waals surface area contributed by atoms with Crippen LogP contribution in [-0.4, -0.2) is 56.0 Å². The molecule has 0 aliphatic rings. The SMILES string of the molecule is CCN(C(=O)c1cc(F)c(NC)c(F)c1)C(C)CN(C)C. The Bertz CT molecular complexity index is 483. The number of halogens is 2. The fraction of sp³-hybridized carbons (Fsp3) is 0.533. The minimum absolute atomic E-state index is 0.0245. The molecular formula is C15H23F2N3O. The number of anilines is 1. The molecule has 0 aromatic heterocycles. The predicted octanol–water partition coefficient (Wildman–Crippen LogP) is 2.42. The lowest BCUT2D eigenvalue weighted by molar-refractivity contribution is 0.0678. The van der Waals surface area contributed by atoms with Crippen LogP contribution in [-0.2, 0) is 0 Å². The van der Waals surface area contributed by atoms with E-state index in [-0.39, 0.29) is 23.2 Å². The number of carbonyl (C=O) groups excluding carboxylic acids is 1. The second-order valence-corrected chi connectivity index (χ2v) is 5.27. The number of hydrogen-bond donors (Lipinski definition) is 1. The molecule has 0 spiro atoms. The number of nitrogens with zero attached hydrogens (tertiary/aromatic N) is 2. The molecule has 0 saturated carbocycles. The molecule has 4 nitrogen and oxygen atoms in total. The fourth-order valence-electron chi connectivity index (χ4n) is 2.38. The van der Waals surface area contributed by atoms with E-state index in [0.717, 1.165) is 12.1 Å². The smallest absolute Gasteiger partial charge is 0.254 e. The van der Waals surface area contributed by atoms with Crippen LogP contribution in [0.1, 0.15) is 24.2 Å². The normalized spacial score (nSPS) is 12.4. The van der Waals surface area contributed by atoms with Gasteiger partial charge in [-0.25, -0.2) is 8.78 Å². The number of hydrogen-bond acceptors (Lipinski definition) is 3. The van der Waals surface area contributed by atoms with Gasteiger partial charge in [-0.3, -0.25) is 4.79 Å². The molecule has 1 rings (SSSR count). The lowest BCUT2D eigenvalue weighted by atomic mass is 10.1. The van der Waals surface area contributed by atoms with Gasteiger partial charge in [-0.1, -0.05) is 0 Å². The van der Waals surface area contributed by atoms with Gasteiger partial charge in [0, 0.05) is 31.7 Å². The molecule has 1 unspecified atom stereocenters. The minimum Gasteiger partial charge on any atom is -0.383 e. The Balaban J connectivity index is 3.06. The lowest BCUT2D eigenvalue weighted by Gasteiger charge is -2.30. The fourth-order valence-corrected chi connectivity index (χ4v) is 2.38. The molecule has 118 valence electrons. The summed E-state index contributed by atoms with van der Waals surface area (Å²) in [6.45, 7) is 4.92. The first kappa shape index (κ1) is 17.4. The van der Waals surface area contributed by atoms with E-state index < -0.39 is 11.6 Å². The Morgan fingerprint density at radius 1 is 1.29 bits per heavy atom. The van der Waals surface area contributed by atoms with Gasteiger partial charge in [0.05, 0.1) is 0 Å². The third-order valence-corrected chi connectivity index (χ3v) is 3.30. The third-order valence-electron chi connectivity index (χ3n) is 3.30. The molecule has 0 fully saturated rings. The van der Waals surface area contributed by atoms with Crippen molar-refractivity contribution in [3.05, 3.63) is 29.3 Å². The van der Waals surface area contributed by atoms with E-state index in [1.807, 2.05) is 32.8 Å². The molecular weight excluding hydrogens is 276 g/mol. The van der Waals surface area contributed by atoms with Crippen LogP contribution in [0.4, 0.5) is 14.5 Å². The summed E-state index contributed by atoms with van der Waals surface area (Å²) >= 11 is 0. The van der Waals surface area contributed by atoms with Gasteiger partial charge in [0.1, 0.15) is 17.3 Å². The van der Waals surface area contributed by atoms with Crippen molar-refractivity contribution in [2.75, 3.05) is 39.5 Å².